The smallest absolute Gasteiger partial charge is 0.208 e. The van der Waals surface area contributed by atoms with Gasteiger partial charge in [0, 0.05) is 12.6 Å². The van der Waals surface area contributed by atoms with E-state index in [4.69, 9.17) is 9.15 Å². The summed E-state index contributed by atoms with van der Waals surface area (Å²) in [5.41, 5.74) is -0.363. The lowest BCUT2D eigenvalue weighted by atomic mass is 10.1. The molecule has 0 unspecified atom stereocenters. The molecule has 1 N–H and O–H groups in total. The maximum Gasteiger partial charge on any atom is 0.208 e. The molecule has 0 atom stereocenters. The topological polar surface area (TPSA) is 47.3 Å². The third-order valence-corrected chi connectivity index (χ3v) is 2.43. The SMILES string of the molecule is COC(C)(C)c1cnc(CNC(C)(C)C)o1. The van der Waals surface area contributed by atoms with Gasteiger partial charge in [0.25, 0.3) is 0 Å². The maximum atomic E-state index is 5.64. The fourth-order valence-corrected chi connectivity index (χ4v) is 1.11. The summed E-state index contributed by atoms with van der Waals surface area (Å²) in [4.78, 5) is 4.22. The van der Waals surface area contributed by atoms with Gasteiger partial charge in [-0.25, -0.2) is 4.98 Å². The summed E-state index contributed by atoms with van der Waals surface area (Å²) in [6.07, 6.45) is 1.73. The van der Waals surface area contributed by atoms with Gasteiger partial charge in [0.05, 0.1) is 12.7 Å². The van der Waals surface area contributed by atoms with Crippen LogP contribution in [0, 0.1) is 0 Å². The van der Waals surface area contributed by atoms with E-state index in [9.17, 15) is 0 Å². The lowest BCUT2D eigenvalue weighted by Gasteiger charge is -2.20. The monoisotopic (exact) mass is 226 g/mol. The molecule has 1 rings (SSSR count). The zero-order valence-electron chi connectivity index (χ0n) is 11.0. The second kappa shape index (κ2) is 4.55. The maximum absolute atomic E-state index is 5.64. The number of nitrogens with one attached hydrogen (secondary N) is 1. The van der Waals surface area contributed by atoms with Crippen LogP contribution in [-0.2, 0) is 16.9 Å². The van der Waals surface area contributed by atoms with Crippen molar-refractivity contribution >= 4 is 0 Å². The van der Waals surface area contributed by atoms with E-state index in [0.29, 0.717) is 12.4 Å². The molecule has 0 aliphatic rings. The van der Waals surface area contributed by atoms with Crippen LogP contribution < -0.4 is 5.32 Å². The van der Waals surface area contributed by atoms with Crippen LogP contribution in [0.25, 0.3) is 0 Å². The van der Waals surface area contributed by atoms with Crippen molar-refractivity contribution in [3.63, 3.8) is 0 Å². The highest BCUT2D eigenvalue weighted by atomic mass is 16.5. The molecule has 0 saturated carbocycles. The largest absolute Gasteiger partial charge is 0.441 e. The van der Waals surface area contributed by atoms with Crippen molar-refractivity contribution in [2.24, 2.45) is 0 Å². The van der Waals surface area contributed by atoms with Crippen LogP contribution in [0.1, 0.15) is 46.3 Å². The molecule has 1 heterocycles. The first-order chi connectivity index (χ1) is 7.24. The average Bonchev–Trinajstić information content (AvgIpc) is 2.62. The van der Waals surface area contributed by atoms with Gasteiger partial charge in [-0.15, -0.1) is 0 Å². The molecule has 1 aromatic heterocycles. The van der Waals surface area contributed by atoms with E-state index in [-0.39, 0.29) is 5.54 Å². The molecule has 0 fully saturated rings. The predicted molar refractivity (Wildman–Crippen MR) is 63.1 cm³/mol. The minimum Gasteiger partial charge on any atom is -0.441 e. The number of methoxy groups -OCH3 is 1. The molecule has 4 heteroatoms. The molecule has 0 aliphatic carbocycles. The van der Waals surface area contributed by atoms with E-state index >= 15 is 0 Å². The Morgan fingerprint density at radius 1 is 1.31 bits per heavy atom. The van der Waals surface area contributed by atoms with E-state index in [1.165, 1.54) is 0 Å². The molecular weight excluding hydrogens is 204 g/mol. The Kier molecular flexibility index (Phi) is 3.76. The van der Waals surface area contributed by atoms with Gasteiger partial charge < -0.3 is 14.5 Å². The van der Waals surface area contributed by atoms with E-state index in [2.05, 4.69) is 31.1 Å². The molecule has 0 bridgehead atoms. The van der Waals surface area contributed by atoms with Crippen molar-refractivity contribution in [1.29, 1.82) is 0 Å². The van der Waals surface area contributed by atoms with Crippen molar-refractivity contribution in [2.75, 3.05) is 7.11 Å². The first kappa shape index (κ1) is 13.2. The third kappa shape index (κ3) is 3.61. The number of nitrogens with zero attached hydrogens (tertiary/aromatic N) is 1. The van der Waals surface area contributed by atoms with Gasteiger partial charge in [0.1, 0.15) is 5.60 Å². The number of rotatable bonds is 4. The minimum atomic E-state index is -0.424. The third-order valence-electron chi connectivity index (χ3n) is 2.43. The predicted octanol–water partition coefficient (Wildman–Crippen LogP) is 2.44. The summed E-state index contributed by atoms with van der Waals surface area (Å²) in [6.45, 7) is 10.9. The van der Waals surface area contributed by atoms with E-state index in [0.717, 1.165) is 5.76 Å². The summed E-state index contributed by atoms with van der Waals surface area (Å²) in [5.74, 6) is 1.44. The normalized spacial score (nSPS) is 13.1. The molecule has 1 aromatic rings. The van der Waals surface area contributed by atoms with Crippen molar-refractivity contribution in [1.82, 2.24) is 10.3 Å². The Morgan fingerprint density at radius 2 is 1.94 bits per heavy atom. The standard InChI is InChI=1S/C12H22N2O2/c1-11(2,3)14-8-10-13-7-9(16-10)12(4,5)15-6/h7,14H,8H2,1-6H3. The van der Waals surface area contributed by atoms with Crippen LogP contribution >= 0.6 is 0 Å². The lowest BCUT2D eigenvalue weighted by Crippen LogP contribution is -2.35. The van der Waals surface area contributed by atoms with Crippen molar-refractivity contribution in [2.45, 2.75) is 52.3 Å². The van der Waals surface area contributed by atoms with Crippen molar-refractivity contribution in [3.8, 4) is 0 Å². The molecular formula is C12H22N2O2. The Balaban J connectivity index is 2.66. The van der Waals surface area contributed by atoms with Crippen LogP contribution in [0.3, 0.4) is 0 Å². The van der Waals surface area contributed by atoms with Gasteiger partial charge in [-0.05, 0) is 34.6 Å². The molecule has 4 nitrogen and oxygen atoms in total. The Bertz CT molecular complexity index is 337. The molecule has 0 aromatic carbocycles. The van der Waals surface area contributed by atoms with Crippen LogP contribution in [-0.4, -0.2) is 17.6 Å². The van der Waals surface area contributed by atoms with Gasteiger partial charge in [-0.1, -0.05) is 0 Å². The Labute approximate surface area is 97.4 Å². The fourth-order valence-electron chi connectivity index (χ4n) is 1.11. The van der Waals surface area contributed by atoms with Crippen molar-refractivity contribution in [3.05, 3.63) is 17.8 Å². The number of aromatic nitrogens is 1. The van der Waals surface area contributed by atoms with Crippen molar-refractivity contribution < 1.29 is 9.15 Å². The average molecular weight is 226 g/mol. The molecule has 0 aliphatic heterocycles. The molecule has 0 radical (unpaired) electrons. The molecule has 0 amide bonds. The quantitative estimate of drug-likeness (QED) is 0.856. The van der Waals surface area contributed by atoms with E-state index < -0.39 is 5.60 Å². The second-order valence-electron chi connectivity index (χ2n) is 5.44. The van der Waals surface area contributed by atoms with Gasteiger partial charge in [0.15, 0.2) is 5.76 Å². The van der Waals surface area contributed by atoms with Crippen LogP contribution in [0.4, 0.5) is 0 Å². The number of hydrogen-bond donors (Lipinski definition) is 1. The summed E-state index contributed by atoms with van der Waals surface area (Å²) in [5, 5.41) is 3.32. The number of ether oxygens (including phenoxy) is 1. The number of oxazole rings is 1. The highest BCUT2D eigenvalue weighted by molar-refractivity contribution is 5.03. The summed E-state index contributed by atoms with van der Waals surface area (Å²) in [7, 11) is 1.66. The minimum absolute atomic E-state index is 0.0609. The van der Waals surface area contributed by atoms with Gasteiger partial charge in [-0.3, -0.25) is 0 Å². The highest BCUT2D eigenvalue weighted by Gasteiger charge is 2.24. The first-order valence-corrected chi connectivity index (χ1v) is 5.50. The Morgan fingerprint density at radius 3 is 2.44 bits per heavy atom. The van der Waals surface area contributed by atoms with E-state index in [1.807, 2.05) is 13.8 Å². The van der Waals surface area contributed by atoms with Gasteiger partial charge in [0.2, 0.25) is 5.89 Å². The second-order valence-corrected chi connectivity index (χ2v) is 5.44. The molecule has 0 spiro atoms. The fraction of sp³-hybridized carbons (Fsp3) is 0.750. The van der Waals surface area contributed by atoms with Crippen LogP contribution in [0.5, 0.6) is 0 Å². The van der Waals surface area contributed by atoms with Crippen LogP contribution in [0.15, 0.2) is 10.6 Å². The zero-order valence-corrected chi connectivity index (χ0v) is 11.0. The highest BCUT2D eigenvalue weighted by Crippen LogP contribution is 2.24. The zero-order chi connectivity index (χ0) is 12.4. The lowest BCUT2D eigenvalue weighted by molar-refractivity contribution is -0.0000272. The summed E-state index contributed by atoms with van der Waals surface area (Å²) in [6, 6.07) is 0. The van der Waals surface area contributed by atoms with Gasteiger partial charge in [-0.2, -0.15) is 0 Å². The Hall–Kier alpha value is -0.870. The number of hydrogen-bond acceptors (Lipinski definition) is 4. The molecule has 0 saturated heterocycles. The summed E-state index contributed by atoms with van der Waals surface area (Å²) < 4.78 is 11.0. The first-order valence-electron chi connectivity index (χ1n) is 5.50. The van der Waals surface area contributed by atoms with Gasteiger partial charge >= 0.3 is 0 Å². The molecule has 16 heavy (non-hydrogen) atoms. The van der Waals surface area contributed by atoms with E-state index in [1.54, 1.807) is 13.3 Å². The summed E-state index contributed by atoms with van der Waals surface area (Å²) >= 11 is 0. The molecule has 92 valence electrons. The van der Waals surface area contributed by atoms with Crippen LogP contribution in [0.2, 0.25) is 0 Å².